The number of aliphatic carboxylic acids is 1. The minimum Gasteiger partial charge on any atom is -0.545 e. The predicted molar refractivity (Wildman–Crippen MR) is 324 cm³/mol. The molecule has 0 aromatic carbocycles. The highest BCUT2D eigenvalue weighted by atomic mass is 16.7. The zero-order chi connectivity index (χ0) is 56.2. The van der Waals surface area contributed by atoms with Crippen molar-refractivity contribution in [2.24, 2.45) is 0 Å². The van der Waals surface area contributed by atoms with Crippen molar-refractivity contribution < 1.29 is 42.9 Å². The second-order valence-electron chi connectivity index (χ2n) is 22.3. The average molecular weight is 1080 g/mol. The highest BCUT2D eigenvalue weighted by molar-refractivity contribution is 5.70. The summed E-state index contributed by atoms with van der Waals surface area (Å²) in [6, 6.07) is 0. The molecule has 444 valence electrons. The smallest absolute Gasteiger partial charge is 0.306 e. The first-order valence-electron chi connectivity index (χ1n) is 31.7. The molecule has 0 heterocycles. The number of allylic oxidation sites excluding steroid dienone is 14. The lowest BCUT2D eigenvalue weighted by molar-refractivity contribution is -0.870. The van der Waals surface area contributed by atoms with Gasteiger partial charge in [-0.25, -0.2) is 0 Å². The Balaban J connectivity index is 4.23. The summed E-state index contributed by atoms with van der Waals surface area (Å²) < 4.78 is 22.7. The first-order valence-corrected chi connectivity index (χ1v) is 31.7. The second-order valence-corrected chi connectivity index (χ2v) is 22.3. The Hall–Kier alpha value is -3.53. The van der Waals surface area contributed by atoms with Gasteiger partial charge in [-0.05, 0) is 64.2 Å². The summed E-state index contributed by atoms with van der Waals surface area (Å²) in [5.41, 5.74) is 0. The first kappa shape index (κ1) is 73.5. The van der Waals surface area contributed by atoms with Crippen LogP contribution in [0, 0.1) is 0 Å². The fourth-order valence-electron chi connectivity index (χ4n) is 8.82. The Kier molecular flexibility index (Phi) is 55.9. The highest BCUT2D eigenvalue weighted by Gasteiger charge is 2.22. The lowest BCUT2D eigenvalue weighted by atomic mass is 10.0. The van der Waals surface area contributed by atoms with E-state index < -0.39 is 24.3 Å². The number of hydrogen-bond donors (Lipinski definition) is 0. The first-order chi connectivity index (χ1) is 37.6. The van der Waals surface area contributed by atoms with Crippen LogP contribution in [0.1, 0.15) is 271 Å². The third-order valence-electron chi connectivity index (χ3n) is 13.7. The van der Waals surface area contributed by atoms with E-state index in [2.05, 4.69) is 98.9 Å². The third kappa shape index (κ3) is 60.0. The molecule has 0 saturated heterocycles. The van der Waals surface area contributed by atoms with E-state index in [1.54, 1.807) is 0 Å². The summed E-state index contributed by atoms with van der Waals surface area (Å²) in [7, 11) is 5.90. The maximum atomic E-state index is 12.9. The summed E-state index contributed by atoms with van der Waals surface area (Å²) >= 11 is 0. The zero-order valence-corrected chi connectivity index (χ0v) is 50.6. The number of carboxylic acids is 1. The van der Waals surface area contributed by atoms with Crippen molar-refractivity contribution in [3.05, 3.63) is 85.1 Å². The van der Waals surface area contributed by atoms with Crippen molar-refractivity contribution in [2.75, 3.05) is 47.5 Å². The van der Waals surface area contributed by atoms with Crippen LogP contribution in [0.2, 0.25) is 0 Å². The van der Waals surface area contributed by atoms with E-state index in [1.807, 2.05) is 21.1 Å². The molecule has 2 unspecified atom stereocenters. The van der Waals surface area contributed by atoms with Gasteiger partial charge in [-0.2, -0.15) is 0 Å². The molecule has 77 heavy (non-hydrogen) atoms. The average Bonchev–Trinajstić information content (AvgIpc) is 3.40. The van der Waals surface area contributed by atoms with E-state index >= 15 is 0 Å². The summed E-state index contributed by atoms with van der Waals surface area (Å²) in [6.07, 6.45) is 75.2. The van der Waals surface area contributed by atoms with Crippen molar-refractivity contribution in [2.45, 2.75) is 283 Å². The normalized spacial score (nSPS) is 13.3. The number of hydrogen-bond acceptors (Lipinski definition) is 8. The number of carbonyl (C=O) groups excluding carboxylic acids is 3. The quantitative estimate of drug-likeness (QED) is 0.0195. The zero-order valence-electron chi connectivity index (χ0n) is 50.6. The summed E-state index contributed by atoms with van der Waals surface area (Å²) in [4.78, 5) is 37.3. The van der Waals surface area contributed by atoms with Crippen molar-refractivity contribution in [1.29, 1.82) is 0 Å². The van der Waals surface area contributed by atoms with Gasteiger partial charge in [0.1, 0.15) is 13.2 Å². The van der Waals surface area contributed by atoms with Gasteiger partial charge in [0, 0.05) is 12.8 Å². The van der Waals surface area contributed by atoms with Crippen LogP contribution in [-0.2, 0) is 33.3 Å². The molecular formula is C68H119NO8. The number of rotatable bonds is 58. The number of carboxylic acid groups (broad SMARTS) is 1. The minimum atomic E-state index is -1.64. The molecule has 0 rings (SSSR count). The third-order valence-corrected chi connectivity index (χ3v) is 13.7. The van der Waals surface area contributed by atoms with E-state index in [-0.39, 0.29) is 38.6 Å². The molecule has 9 nitrogen and oxygen atoms in total. The van der Waals surface area contributed by atoms with Crippen LogP contribution in [0.5, 0.6) is 0 Å². The lowest BCUT2D eigenvalue weighted by Crippen LogP contribution is -2.44. The number of ether oxygens (including phenoxy) is 4. The van der Waals surface area contributed by atoms with Crippen LogP contribution in [0.3, 0.4) is 0 Å². The van der Waals surface area contributed by atoms with E-state index in [0.717, 1.165) is 64.2 Å². The van der Waals surface area contributed by atoms with Crippen LogP contribution in [0.4, 0.5) is 0 Å². The van der Waals surface area contributed by atoms with Gasteiger partial charge in [0.2, 0.25) is 0 Å². The maximum absolute atomic E-state index is 12.9. The molecular weight excluding hydrogens is 959 g/mol. The minimum absolute atomic E-state index is 0.134. The van der Waals surface area contributed by atoms with Crippen LogP contribution < -0.4 is 5.11 Å². The van der Waals surface area contributed by atoms with Crippen molar-refractivity contribution in [3.63, 3.8) is 0 Å². The van der Waals surface area contributed by atoms with Crippen molar-refractivity contribution in [1.82, 2.24) is 0 Å². The number of quaternary nitrogens is 1. The maximum Gasteiger partial charge on any atom is 0.306 e. The van der Waals surface area contributed by atoms with E-state index in [1.165, 1.54) is 167 Å². The number of nitrogens with zero attached hydrogens (tertiary/aromatic N) is 1. The molecule has 0 aliphatic heterocycles. The number of carbonyl (C=O) groups is 3. The fourth-order valence-corrected chi connectivity index (χ4v) is 8.82. The van der Waals surface area contributed by atoms with Gasteiger partial charge in [-0.3, -0.25) is 9.59 Å². The van der Waals surface area contributed by atoms with Crippen LogP contribution in [0.15, 0.2) is 85.1 Å². The molecule has 9 heteroatoms. The molecule has 0 aromatic heterocycles. The molecule has 2 atom stereocenters. The largest absolute Gasteiger partial charge is 0.545 e. The summed E-state index contributed by atoms with van der Waals surface area (Å²) in [5.74, 6) is -2.36. The van der Waals surface area contributed by atoms with Crippen LogP contribution >= 0.6 is 0 Å². The molecule has 0 aromatic rings. The second kappa shape index (κ2) is 58.6. The molecule has 0 N–H and O–H groups in total. The highest BCUT2D eigenvalue weighted by Crippen LogP contribution is 2.17. The number of esters is 2. The van der Waals surface area contributed by atoms with Gasteiger partial charge in [-0.1, -0.05) is 279 Å². The summed E-state index contributed by atoms with van der Waals surface area (Å²) in [5, 5.41) is 11.8. The van der Waals surface area contributed by atoms with E-state index in [9.17, 15) is 19.5 Å². The lowest BCUT2D eigenvalue weighted by Gasteiger charge is -2.26. The van der Waals surface area contributed by atoms with Crippen LogP contribution in [-0.4, -0.2) is 82.3 Å². The Morgan fingerprint density at radius 1 is 0.403 bits per heavy atom. The Labute approximate surface area is 474 Å². The van der Waals surface area contributed by atoms with Gasteiger partial charge >= 0.3 is 11.9 Å². The number of likely N-dealkylation sites (N-methyl/N-ethyl adjacent to an activating group) is 1. The Morgan fingerprint density at radius 2 is 0.740 bits per heavy atom. The SMILES string of the molecule is CC/C=C\C/C=C\C/C=C\C/C=C\C/C=C\C/C=C\C/C=C\CCCC(=O)OC(COC(=O)CCCCCCCCCCCCCCCCCCCCCCCCCCCCCCC)COC(OCC[N+](C)(C)C)C(=O)[O-]. The van der Waals surface area contributed by atoms with Gasteiger partial charge in [0.05, 0.1) is 40.3 Å². The molecule has 0 amide bonds. The van der Waals surface area contributed by atoms with Gasteiger partial charge in [0.15, 0.2) is 12.4 Å². The molecule has 0 spiro atoms. The topological polar surface area (TPSA) is 111 Å². The fraction of sp³-hybridized carbons (Fsp3) is 0.750. The molecule has 0 bridgehead atoms. The van der Waals surface area contributed by atoms with Gasteiger partial charge in [0.25, 0.3) is 0 Å². The molecule has 0 fully saturated rings. The molecule has 0 saturated carbocycles. The van der Waals surface area contributed by atoms with Gasteiger partial charge < -0.3 is 33.3 Å². The van der Waals surface area contributed by atoms with Crippen molar-refractivity contribution in [3.8, 4) is 0 Å². The number of unbranched alkanes of at least 4 members (excludes halogenated alkanes) is 29. The molecule has 0 radical (unpaired) electrons. The molecule has 0 aliphatic rings. The van der Waals surface area contributed by atoms with Crippen molar-refractivity contribution >= 4 is 17.9 Å². The van der Waals surface area contributed by atoms with E-state index in [0.29, 0.717) is 23.9 Å². The monoisotopic (exact) mass is 1080 g/mol. The Morgan fingerprint density at radius 3 is 1.09 bits per heavy atom. The molecule has 0 aliphatic carbocycles. The van der Waals surface area contributed by atoms with Gasteiger partial charge in [-0.15, -0.1) is 0 Å². The standard InChI is InChI=1S/C68H119NO8/c1-6-8-10-12-14-16-18-20-22-24-26-28-30-31-32-33-34-35-37-38-40-42-44-46-48-50-52-54-56-58-65(70)75-62-64(63-76-68(67(72)73)74-61-60-69(3,4)5)77-66(71)59-57-55-53-51-49-47-45-43-41-39-36-29-27-25-23-21-19-17-15-13-11-9-7-2/h9,11,15,17,21,23,27,29,39,41,45,47,51,53,64,68H,6-8,10,12-14,16,18-20,22,24-26,28,30-38,40,42-44,46,48-50,52,54-63H2,1-5H3/b11-9-,17-15-,23-21-,29-27-,41-39-,47-45-,53-51-. The van der Waals surface area contributed by atoms with E-state index in [4.69, 9.17) is 18.9 Å². The predicted octanol–water partition coefficient (Wildman–Crippen LogP) is 17.8. The van der Waals surface area contributed by atoms with Crippen LogP contribution in [0.25, 0.3) is 0 Å². The Bertz CT molecular complexity index is 1540. The summed E-state index contributed by atoms with van der Waals surface area (Å²) in [6.45, 7) is 4.59.